The summed E-state index contributed by atoms with van der Waals surface area (Å²) in [6, 6.07) is 7.20. The Kier molecular flexibility index (Phi) is 5.26. The molecule has 0 N–H and O–H groups in total. The lowest BCUT2D eigenvalue weighted by atomic mass is 10.1. The first kappa shape index (κ1) is 19.1. The lowest BCUT2D eigenvalue weighted by Gasteiger charge is -2.26. The van der Waals surface area contributed by atoms with Gasteiger partial charge in [0.1, 0.15) is 12.4 Å². The van der Waals surface area contributed by atoms with Gasteiger partial charge in [0.15, 0.2) is 6.61 Å². The normalized spacial score (nSPS) is 13.2. The highest BCUT2D eigenvalue weighted by atomic mass is 32.1. The SMILES string of the molecule is O=C(Cn1nc(-c2ccc(F)cc2)oc1=O)OCC(=O)N1CCc2sccc2C1. The fourth-order valence-electron chi connectivity index (χ4n) is 2.98. The molecule has 3 heterocycles. The Bertz CT molecular complexity index is 1100. The largest absolute Gasteiger partial charge is 0.454 e. The molecule has 0 unspecified atom stereocenters. The molecule has 0 aliphatic carbocycles. The molecule has 29 heavy (non-hydrogen) atoms. The molecular formula is C19H16FN3O5S. The van der Waals surface area contributed by atoms with Crippen LogP contribution in [0.25, 0.3) is 11.5 Å². The van der Waals surface area contributed by atoms with E-state index in [0.717, 1.165) is 16.7 Å². The van der Waals surface area contributed by atoms with Crippen LogP contribution in [0, 0.1) is 5.82 Å². The summed E-state index contributed by atoms with van der Waals surface area (Å²) in [6.45, 7) is 0.174. The number of hydrogen-bond donors (Lipinski definition) is 0. The second kappa shape index (κ2) is 8.00. The maximum atomic E-state index is 13.0. The molecule has 150 valence electrons. The van der Waals surface area contributed by atoms with Crippen LogP contribution in [0.3, 0.4) is 0 Å². The van der Waals surface area contributed by atoms with Gasteiger partial charge >= 0.3 is 11.7 Å². The van der Waals surface area contributed by atoms with Gasteiger partial charge in [-0.05, 0) is 47.7 Å². The van der Waals surface area contributed by atoms with E-state index in [1.807, 2.05) is 11.4 Å². The summed E-state index contributed by atoms with van der Waals surface area (Å²) in [5.74, 6) is -2.41. The maximum absolute atomic E-state index is 13.0. The molecule has 1 amide bonds. The van der Waals surface area contributed by atoms with E-state index in [9.17, 15) is 18.8 Å². The van der Waals surface area contributed by atoms with E-state index in [1.165, 1.54) is 29.1 Å². The highest BCUT2D eigenvalue weighted by molar-refractivity contribution is 7.10. The Morgan fingerprint density at radius 2 is 2.03 bits per heavy atom. The van der Waals surface area contributed by atoms with E-state index in [4.69, 9.17) is 9.15 Å². The number of fused-ring (bicyclic) bond motifs is 1. The topological polar surface area (TPSA) is 94.6 Å². The number of thiophene rings is 1. The first-order chi connectivity index (χ1) is 14.0. The number of amides is 1. The third-order valence-corrected chi connectivity index (χ3v) is 5.52. The molecular weight excluding hydrogens is 401 g/mol. The van der Waals surface area contributed by atoms with E-state index in [0.29, 0.717) is 18.7 Å². The first-order valence-electron chi connectivity index (χ1n) is 8.82. The predicted molar refractivity (Wildman–Crippen MR) is 101 cm³/mol. The van der Waals surface area contributed by atoms with Crippen molar-refractivity contribution in [3.8, 4) is 11.5 Å². The van der Waals surface area contributed by atoms with Crippen molar-refractivity contribution in [2.75, 3.05) is 13.2 Å². The van der Waals surface area contributed by atoms with Gasteiger partial charge in [0, 0.05) is 23.5 Å². The van der Waals surface area contributed by atoms with Crippen molar-refractivity contribution < 1.29 is 23.1 Å². The summed E-state index contributed by atoms with van der Waals surface area (Å²) in [6.07, 6.45) is 0.785. The number of nitrogens with zero attached hydrogens (tertiary/aromatic N) is 3. The number of carbonyl (C=O) groups is 2. The molecule has 1 aliphatic heterocycles. The Hall–Kier alpha value is -3.27. The maximum Gasteiger partial charge on any atom is 0.437 e. The van der Waals surface area contributed by atoms with Gasteiger partial charge in [-0.15, -0.1) is 16.4 Å². The van der Waals surface area contributed by atoms with E-state index in [2.05, 4.69) is 5.10 Å². The third-order valence-electron chi connectivity index (χ3n) is 4.49. The number of halogens is 1. The van der Waals surface area contributed by atoms with E-state index >= 15 is 0 Å². The van der Waals surface area contributed by atoms with Gasteiger partial charge in [-0.25, -0.2) is 9.18 Å². The zero-order valence-electron chi connectivity index (χ0n) is 15.2. The Balaban J connectivity index is 1.32. The fraction of sp³-hybridized carbons (Fsp3) is 0.263. The van der Waals surface area contributed by atoms with Crippen molar-refractivity contribution in [2.24, 2.45) is 0 Å². The van der Waals surface area contributed by atoms with Gasteiger partial charge in [-0.1, -0.05) is 0 Å². The summed E-state index contributed by atoms with van der Waals surface area (Å²) in [4.78, 5) is 39.1. The molecule has 10 heteroatoms. The number of esters is 1. The van der Waals surface area contributed by atoms with E-state index in [-0.39, 0.29) is 11.8 Å². The highest BCUT2D eigenvalue weighted by Crippen LogP contribution is 2.24. The smallest absolute Gasteiger partial charge is 0.437 e. The molecule has 8 nitrogen and oxygen atoms in total. The number of hydrogen-bond acceptors (Lipinski definition) is 7. The van der Waals surface area contributed by atoms with Gasteiger partial charge in [0.25, 0.3) is 5.91 Å². The van der Waals surface area contributed by atoms with Gasteiger partial charge in [0.2, 0.25) is 5.89 Å². The van der Waals surface area contributed by atoms with Crippen molar-refractivity contribution >= 4 is 23.2 Å². The molecule has 2 aromatic heterocycles. The van der Waals surface area contributed by atoms with Crippen LogP contribution in [-0.4, -0.2) is 39.7 Å². The molecule has 1 aromatic carbocycles. The second-order valence-corrected chi connectivity index (χ2v) is 7.43. The van der Waals surface area contributed by atoms with Crippen molar-refractivity contribution in [1.82, 2.24) is 14.7 Å². The van der Waals surface area contributed by atoms with E-state index < -0.39 is 30.7 Å². The van der Waals surface area contributed by atoms with Crippen LogP contribution in [0.4, 0.5) is 4.39 Å². The molecule has 0 atom stereocenters. The highest BCUT2D eigenvalue weighted by Gasteiger charge is 2.23. The van der Waals surface area contributed by atoms with Gasteiger partial charge in [-0.2, -0.15) is 4.68 Å². The van der Waals surface area contributed by atoms with Crippen molar-refractivity contribution in [3.63, 3.8) is 0 Å². The van der Waals surface area contributed by atoms with Gasteiger partial charge < -0.3 is 14.1 Å². The standard InChI is InChI=1S/C19H16FN3O5S/c20-14-3-1-12(2-4-14)18-21-23(19(26)28-18)10-17(25)27-11-16(24)22-7-5-15-13(9-22)6-8-29-15/h1-4,6,8H,5,7,9-11H2. The number of rotatable bonds is 5. The summed E-state index contributed by atoms with van der Waals surface area (Å²) >= 11 is 1.67. The monoisotopic (exact) mass is 417 g/mol. The van der Waals surface area contributed by atoms with Crippen LogP contribution in [0.1, 0.15) is 10.4 Å². The molecule has 1 aliphatic rings. The number of ether oxygens (including phenoxy) is 1. The minimum Gasteiger partial charge on any atom is -0.454 e. The predicted octanol–water partition coefficient (Wildman–Crippen LogP) is 1.83. The Morgan fingerprint density at radius 1 is 1.24 bits per heavy atom. The summed E-state index contributed by atoms with van der Waals surface area (Å²) in [5.41, 5.74) is 1.51. The van der Waals surface area contributed by atoms with Gasteiger partial charge in [-0.3, -0.25) is 9.59 Å². The van der Waals surface area contributed by atoms with Crippen LogP contribution < -0.4 is 5.76 Å². The Labute approximate surface area is 168 Å². The first-order valence-corrected chi connectivity index (χ1v) is 9.70. The minimum atomic E-state index is -0.853. The van der Waals surface area contributed by atoms with E-state index in [1.54, 1.807) is 16.2 Å². The molecule has 0 bridgehead atoms. The molecule has 3 aromatic rings. The fourth-order valence-corrected chi connectivity index (χ4v) is 3.87. The number of benzene rings is 1. The average Bonchev–Trinajstić information content (AvgIpc) is 3.33. The zero-order valence-corrected chi connectivity index (χ0v) is 16.0. The molecule has 0 saturated carbocycles. The van der Waals surface area contributed by atoms with Crippen LogP contribution >= 0.6 is 11.3 Å². The lowest BCUT2D eigenvalue weighted by Crippen LogP contribution is -2.38. The average molecular weight is 417 g/mol. The van der Waals surface area contributed by atoms with Crippen LogP contribution in [0.2, 0.25) is 0 Å². The summed E-state index contributed by atoms with van der Waals surface area (Å²) in [7, 11) is 0. The number of carbonyl (C=O) groups excluding carboxylic acids is 2. The van der Waals surface area contributed by atoms with Crippen LogP contribution in [-0.2, 0) is 33.8 Å². The second-order valence-electron chi connectivity index (χ2n) is 6.43. The van der Waals surface area contributed by atoms with Crippen molar-refractivity contribution in [3.05, 3.63) is 62.5 Å². The van der Waals surface area contributed by atoms with Crippen molar-refractivity contribution in [1.29, 1.82) is 0 Å². The quantitative estimate of drug-likeness (QED) is 0.588. The molecule has 0 fully saturated rings. The zero-order chi connectivity index (χ0) is 20.4. The molecule has 0 saturated heterocycles. The molecule has 4 rings (SSSR count). The summed E-state index contributed by atoms with van der Waals surface area (Å²) in [5, 5.41) is 5.90. The van der Waals surface area contributed by atoms with Crippen LogP contribution in [0.5, 0.6) is 0 Å². The summed E-state index contributed by atoms with van der Waals surface area (Å²) < 4.78 is 23.8. The van der Waals surface area contributed by atoms with Crippen molar-refractivity contribution in [2.45, 2.75) is 19.5 Å². The molecule has 0 spiro atoms. The van der Waals surface area contributed by atoms with Gasteiger partial charge in [0.05, 0.1) is 0 Å². The Morgan fingerprint density at radius 3 is 2.83 bits per heavy atom. The minimum absolute atomic E-state index is 0.0428. The molecule has 0 radical (unpaired) electrons. The number of aromatic nitrogens is 2. The lowest BCUT2D eigenvalue weighted by molar-refractivity contribution is -0.153. The van der Waals surface area contributed by atoms with Crippen LogP contribution in [0.15, 0.2) is 44.9 Å². The third kappa shape index (κ3) is 4.27.